The number of hydrogen-bond donors (Lipinski definition) is 0. The molecule has 5 heteroatoms. The second kappa shape index (κ2) is 7.60. The van der Waals surface area contributed by atoms with E-state index in [1.54, 1.807) is 28.7 Å². The van der Waals surface area contributed by atoms with E-state index < -0.39 is 0 Å². The number of Topliss-reactive ketones (excluding diaryl/α,β-unsaturated/α-hetero) is 2. The van der Waals surface area contributed by atoms with E-state index in [0.29, 0.717) is 11.1 Å². The Balaban J connectivity index is 1.41. The van der Waals surface area contributed by atoms with E-state index in [4.69, 9.17) is 0 Å². The summed E-state index contributed by atoms with van der Waals surface area (Å²) in [5.74, 6) is -0.374. The van der Waals surface area contributed by atoms with Gasteiger partial charge in [-0.15, -0.1) is 22.7 Å². The molecule has 7 rings (SSSR count). The van der Waals surface area contributed by atoms with Gasteiger partial charge in [0.05, 0.1) is 31.7 Å². The van der Waals surface area contributed by atoms with Crippen LogP contribution in [0.15, 0.2) is 71.6 Å². The SMILES string of the molecule is Cc1cc(C)c(-n2c3ccsc3c3sc(C=C4C(=O)c5cc6ccccc6cc5C4=O)cc32)c(C)c1. The third kappa shape index (κ3) is 2.96. The van der Waals surface area contributed by atoms with E-state index in [-0.39, 0.29) is 17.1 Å². The molecular weight excluding hydrogens is 482 g/mol. The number of thiophene rings is 2. The van der Waals surface area contributed by atoms with E-state index in [0.717, 1.165) is 21.2 Å². The van der Waals surface area contributed by atoms with Gasteiger partial charge in [0.25, 0.3) is 0 Å². The second-order valence-electron chi connectivity index (χ2n) is 9.54. The summed E-state index contributed by atoms with van der Waals surface area (Å²) >= 11 is 3.37. The maximum Gasteiger partial charge on any atom is 0.197 e. The van der Waals surface area contributed by atoms with Crippen LogP contribution in [0.2, 0.25) is 0 Å². The van der Waals surface area contributed by atoms with Crippen LogP contribution >= 0.6 is 22.7 Å². The number of ketones is 2. The first-order valence-corrected chi connectivity index (χ1v) is 13.5. The molecule has 36 heavy (non-hydrogen) atoms. The van der Waals surface area contributed by atoms with Gasteiger partial charge in [-0.25, -0.2) is 0 Å². The minimum absolute atomic E-state index is 0.187. The van der Waals surface area contributed by atoms with Gasteiger partial charge in [0.15, 0.2) is 11.6 Å². The van der Waals surface area contributed by atoms with Crippen molar-refractivity contribution in [2.45, 2.75) is 20.8 Å². The summed E-state index contributed by atoms with van der Waals surface area (Å²) in [6.45, 7) is 6.44. The van der Waals surface area contributed by atoms with Gasteiger partial charge in [0, 0.05) is 16.0 Å². The van der Waals surface area contributed by atoms with Gasteiger partial charge in [-0.3, -0.25) is 9.59 Å². The standard InChI is InChI=1S/C31H21NO2S2/c1-16-10-17(2)27(18(3)11-16)32-25-8-9-35-30(25)31-26(32)15-21(36-31)14-24-28(33)22-12-19-6-4-5-7-20(19)13-23(22)29(24)34/h4-15H,1-3H3. The molecule has 0 amide bonds. The first-order valence-electron chi connectivity index (χ1n) is 11.8. The van der Waals surface area contributed by atoms with Gasteiger partial charge in [-0.05, 0) is 78.4 Å². The van der Waals surface area contributed by atoms with Crippen LogP contribution in [-0.4, -0.2) is 16.1 Å². The summed E-state index contributed by atoms with van der Waals surface area (Å²) in [5, 5.41) is 4.07. The number of hydrogen-bond acceptors (Lipinski definition) is 4. The van der Waals surface area contributed by atoms with Crippen molar-refractivity contribution in [3.8, 4) is 5.69 Å². The number of aromatic nitrogens is 1. The molecule has 0 spiro atoms. The first kappa shape index (κ1) is 21.5. The van der Waals surface area contributed by atoms with Crippen LogP contribution in [0.25, 0.3) is 43.0 Å². The summed E-state index contributed by atoms with van der Waals surface area (Å²) in [7, 11) is 0. The zero-order valence-corrected chi connectivity index (χ0v) is 21.6. The molecule has 1 aliphatic rings. The fourth-order valence-corrected chi connectivity index (χ4v) is 7.76. The molecule has 0 fully saturated rings. The highest BCUT2D eigenvalue weighted by atomic mass is 32.1. The lowest BCUT2D eigenvalue weighted by molar-refractivity contribution is 0.0990. The molecule has 0 aliphatic heterocycles. The summed E-state index contributed by atoms with van der Waals surface area (Å²) in [6.07, 6.45) is 1.79. The Kier molecular flexibility index (Phi) is 4.53. The van der Waals surface area contributed by atoms with Crippen molar-refractivity contribution in [3.63, 3.8) is 0 Å². The van der Waals surface area contributed by atoms with Crippen molar-refractivity contribution in [2.75, 3.05) is 0 Å². The average Bonchev–Trinajstić information content (AvgIpc) is 3.58. The predicted molar refractivity (Wildman–Crippen MR) is 151 cm³/mol. The Bertz CT molecular complexity index is 1880. The van der Waals surface area contributed by atoms with Crippen LogP contribution in [0, 0.1) is 20.8 Å². The summed E-state index contributed by atoms with van der Waals surface area (Å²) < 4.78 is 4.76. The topological polar surface area (TPSA) is 39.1 Å². The maximum atomic E-state index is 13.3. The lowest BCUT2D eigenvalue weighted by Gasteiger charge is -2.14. The molecule has 3 aromatic carbocycles. The van der Waals surface area contributed by atoms with E-state index in [1.165, 1.54) is 37.3 Å². The first-order chi connectivity index (χ1) is 17.4. The van der Waals surface area contributed by atoms with Crippen molar-refractivity contribution in [3.05, 3.63) is 104 Å². The summed E-state index contributed by atoms with van der Waals surface area (Å²) in [5.41, 5.74) is 8.47. The lowest BCUT2D eigenvalue weighted by Crippen LogP contribution is -2.00. The van der Waals surface area contributed by atoms with Crippen molar-refractivity contribution in [2.24, 2.45) is 0 Å². The number of nitrogens with zero attached hydrogens (tertiary/aromatic N) is 1. The number of rotatable bonds is 2. The molecule has 0 saturated carbocycles. The molecule has 3 heterocycles. The minimum Gasteiger partial charge on any atom is -0.307 e. The number of fused-ring (bicyclic) bond motifs is 5. The highest BCUT2D eigenvalue weighted by Crippen LogP contribution is 2.42. The Morgan fingerprint density at radius 1 is 0.750 bits per heavy atom. The molecule has 1 aliphatic carbocycles. The van der Waals surface area contributed by atoms with E-state index in [9.17, 15) is 9.59 Å². The van der Waals surface area contributed by atoms with Crippen LogP contribution < -0.4 is 0 Å². The summed E-state index contributed by atoms with van der Waals surface area (Å²) in [4.78, 5) is 27.5. The zero-order valence-electron chi connectivity index (χ0n) is 20.0. The van der Waals surface area contributed by atoms with Crippen LogP contribution in [0.5, 0.6) is 0 Å². The summed E-state index contributed by atoms with van der Waals surface area (Å²) in [6, 6.07) is 20.3. The molecule has 3 nitrogen and oxygen atoms in total. The molecule has 0 bridgehead atoms. The molecule has 0 N–H and O–H groups in total. The third-order valence-electron chi connectivity index (χ3n) is 7.07. The molecule has 0 unspecified atom stereocenters. The number of benzene rings is 3. The van der Waals surface area contributed by atoms with Gasteiger partial charge in [0.2, 0.25) is 0 Å². The maximum absolute atomic E-state index is 13.3. The predicted octanol–water partition coefficient (Wildman–Crippen LogP) is 8.45. The molecule has 0 radical (unpaired) electrons. The van der Waals surface area contributed by atoms with E-state index in [1.807, 2.05) is 36.4 Å². The van der Waals surface area contributed by atoms with Crippen molar-refractivity contribution < 1.29 is 9.59 Å². The number of aryl methyl sites for hydroxylation is 3. The van der Waals surface area contributed by atoms with Crippen LogP contribution in [0.1, 0.15) is 42.3 Å². The molecule has 6 aromatic rings. The van der Waals surface area contributed by atoms with Crippen LogP contribution in [0.4, 0.5) is 0 Å². The van der Waals surface area contributed by atoms with Crippen molar-refractivity contribution in [1.82, 2.24) is 4.57 Å². The Morgan fingerprint density at radius 3 is 2.03 bits per heavy atom. The van der Waals surface area contributed by atoms with Gasteiger partial charge in [0.1, 0.15) is 0 Å². The molecule has 0 saturated heterocycles. The Labute approximate surface area is 215 Å². The van der Waals surface area contributed by atoms with Gasteiger partial charge < -0.3 is 4.57 Å². The quantitative estimate of drug-likeness (QED) is 0.176. The Hall–Kier alpha value is -3.80. The zero-order chi connectivity index (χ0) is 24.7. The lowest BCUT2D eigenvalue weighted by atomic mass is 10.0. The number of carbonyl (C=O) groups is 2. The van der Waals surface area contributed by atoms with Crippen LogP contribution in [0.3, 0.4) is 0 Å². The largest absolute Gasteiger partial charge is 0.307 e. The van der Waals surface area contributed by atoms with Gasteiger partial charge in [-0.2, -0.15) is 0 Å². The average molecular weight is 504 g/mol. The second-order valence-corrected chi connectivity index (χ2v) is 11.5. The highest BCUT2D eigenvalue weighted by molar-refractivity contribution is 7.27. The fourth-order valence-electron chi connectivity index (χ4n) is 5.63. The minimum atomic E-state index is -0.187. The van der Waals surface area contributed by atoms with E-state index >= 15 is 0 Å². The number of allylic oxidation sites excluding steroid dienone is 1. The molecule has 174 valence electrons. The van der Waals surface area contributed by atoms with Crippen LogP contribution in [-0.2, 0) is 0 Å². The molecule has 0 atom stereocenters. The van der Waals surface area contributed by atoms with Crippen molar-refractivity contribution >= 4 is 71.5 Å². The highest BCUT2D eigenvalue weighted by Gasteiger charge is 2.33. The third-order valence-corrected chi connectivity index (χ3v) is 9.21. The smallest absolute Gasteiger partial charge is 0.197 e. The fraction of sp³-hybridized carbons (Fsp3) is 0.0968. The van der Waals surface area contributed by atoms with Crippen molar-refractivity contribution in [1.29, 1.82) is 0 Å². The number of carbonyl (C=O) groups excluding carboxylic acids is 2. The Morgan fingerprint density at radius 2 is 1.39 bits per heavy atom. The van der Waals surface area contributed by atoms with E-state index in [2.05, 4.69) is 55.0 Å². The normalized spacial score (nSPS) is 13.5. The van der Waals surface area contributed by atoms with Gasteiger partial charge >= 0.3 is 0 Å². The molecule has 3 aromatic heterocycles. The monoisotopic (exact) mass is 503 g/mol. The van der Waals surface area contributed by atoms with Gasteiger partial charge in [-0.1, -0.05) is 42.0 Å². The molecular formula is C31H21NO2S2.